The van der Waals surface area contributed by atoms with Crippen LogP contribution in [0, 0.1) is 5.92 Å². The monoisotopic (exact) mass is 443 g/mol. The Balaban J connectivity index is 1.78. The lowest BCUT2D eigenvalue weighted by Gasteiger charge is -2.23. The van der Waals surface area contributed by atoms with Crippen molar-refractivity contribution >= 4 is 18.2 Å². The van der Waals surface area contributed by atoms with Crippen LogP contribution in [-0.2, 0) is 9.47 Å². The Morgan fingerprint density at radius 3 is 3.00 bits per heavy atom. The van der Waals surface area contributed by atoms with E-state index >= 15 is 0 Å². The summed E-state index contributed by atoms with van der Waals surface area (Å²) in [5.41, 5.74) is 2.04. The van der Waals surface area contributed by atoms with Crippen LogP contribution in [0.25, 0.3) is 0 Å². The Morgan fingerprint density at radius 1 is 1.34 bits per heavy atom. The molecule has 0 aromatic heterocycles. The third-order valence-corrected chi connectivity index (χ3v) is 5.73. The Bertz CT molecular complexity index is 790. The SMILES string of the molecule is C=N/C(OCC1CCCNC1)=C1/CCN(c2cccc(OC)c2)C1=NCCOCCNC. The molecule has 0 bridgehead atoms. The van der Waals surface area contributed by atoms with Gasteiger partial charge in [-0.1, -0.05) is 6.07 Å². The smallest absolute Gasteiger partial charge is 0.219 e. The van der Waals surface area contributed by atoms with Gasteiger partial charge in [0.05, 0.1) is 39.0 Å². The summed E-state index contributed by atoms with van der Waals surface area (Å²) in [5.74, 6) is 2.78. The van der Waals surface area contributed by atoms with Crippen molar-refractivity contribution in [2.75, 3.05) is 71.6 Å². The maximum Gasteiger partial charge on any atom is 0.219 e. The molecule has 3 rings (SSSR count). The molecule has 2 saturated heterocycles. The second-order valence-electron chi connectivity index (χ2n) is 7.99. The second-order valence-corrected chi connectivity index (χ2v) is 7.99. The van der Waals surface area contributed by atoms with Crippen LogP contribution < -0.4 is 20.3 Å². The fourth-order valence-corrected chi connectivity index (χ4v) is 4.00. The first-order valence-corrected chi connectivity index (χ1v) is 11.5. The second kappa shape index (κ2) is 13.2. The first-order valence-electron chi connectivity index (χ1n) is 11.5. The summed E-state index contributed by atoms with van der Waals surface area (Å²) in [5, 5.41) is 6.52. The van der Waals surface area contributed by atoms with Gasteiger partial charge in [0.15, 0.2) is 0 Å². The minimum Gasteiger partial charge on any atom is -0.497 e. The number of anilines is 1. The fraction of sp³-hybridized carbons (Fsp3) is 0.583. The molecule has 2 fully saturated rings. The molecule has 1 aromatic carbocycles. The minimum atomic E-state index is 0.498. The molecule has 1 aromatic rings. The van der Waals surface area contributed by atoms with E-state index in [4.69, 9.17) is 19.2 Å². The number of hydrogen-bond acceptors (Lipinski definition) is 7. The highest BCUT2D eigenvalue weighted by molar-refractivity contribution is 6.12. The first kappa shape index (κ1) is 24.2. The molecular formula is C24H37N5O3. The Hall–Kier alpha value is -2.42. The van der Waals surface area contributed by atoms with E-state index in [0.29, 0.717) is 38.2 Å². The number of piperidine rings is 1. The van der Waals surface area contributed by atoms with Crippen LogP contribution in [0.4, 0.5) is 5.69 Å². The number of likely N-dealkylation sites (N-methyl/N-ethyl adjacent to an activating group) is 1. The van der Waals surface area contributed by atoms with Gasteiger partial charge in [0.1, 0.15) is 11.6 Å². The van der Waals surface area contributed by atoms with Crippen molar-refractivity contribution in [2.24, 2.45) is 15.9 Å². The largest absolute Gasteiger partial charge is 0.497 e. The standard InChI is InChI=1S/C24H37N5O3/c1-25-11-14-31-15-12-28-23-22(24(26-2)32-18-19-6-5-10-27-17-19)9-13-29(23)20-7-4-8-21(16-20)30-3/h4,7-8,16,19,25,27H,2,5-6,9-15,17-18H2,1,3H3/b24-22+,28-23?. The van der Waals surface area contributed by atoms with E-state index < -0.39 is 0 Å². The van der Waals surface area contributed by atoms with Crippen molar-refractivity contribution in [1.29, 1.82) is 0 Å². The van der Waals surface area contributed by atoms with Gasteiger partial charge in [0.25, 0.3) is 0 Å². The predicted octanol–water partition coefficient (Wildman–Crippen LogP) is 2.47. The van der Waals surface area contributed by atoms with Crippen molar-refractivity contribution in [3.63, 3.8) is 0 Å². The quantitative estimate of drug-likeness (QED) is 0.294. The lowest BCUT2D eigenvalue weighted by atomic mass is 10.0. The van der Waals surface area contributed by atoms with Crippen molar-refractivity contribution in [3.05, 3.63) is 35.7 Å². The van der Waals surface area contributed by atoms with Crippen LogP contribution in [-0.4, -0.2) is 79.3 Å². The van der Waals surface area contributed by atoms with E-state index in [9.17, 15) is 0 Å². The normalized spacial score (nSPS) is 21.6. The van der Waals surface area contributed by atoms with Crippen molar-refractivity contribution in [2.45, 2.75) is 19.3 Å². The Kier molecular flexibility index (Phi) is 9.99. The lowest BCUT2D eigenvalue weighted by Crippen LogP contribution is -2.32. The Labute approximate surface area is 191 Å². The van der Waals surface area contributed by atoms with Crippen LogP contribution in [0.5, 0.6) is 5.75 Å². The van der Waals surface area contributed by atoms with Crippen LogP contribution in [0.1, 0.15) is 19.3 Å². The maximum atomic E-state index is 6.17. The molecule has 1 unspecified atom stereocenters. The number of nitrogens with one attached hydrogen (secondary N) is 2. The van der Waals surface area contributed by atoms with Crippen LogP contribution in [0.3, 0.4) is 0 Å². The summed E-state index contributed by atoms with van der Waals surface area (Å²) in [4.78, 5) is 11.3. The predicted molar refractivity (Wildman–Crippen MR) is 130 cm³/mol. The summed E-state index contributed by atoms with van der Waals surface area (Å²) in [6.07, 6.45) is 3.16. The highest BCUT2D eigenvalue weighted by atomic mass is 16.5. The zero-order chi connectivity index (χ0) is 22.6. The molecule has 2 N–H and O–H groups in total. The van der Waals surface area contributed by atoms with E-state index in [-0.39, 0.29) is 0 Å². The van der Waals surface area contributed by atoms with Gasteiger partial charge in [-0.15, -0.1) is 0 Å². The average Bonchev–Trinajstić information content (AvgIpc) is 3.26. The zero-order valence-corrected chi connectivity index (χ0v) is 19.4. The number of nitrogens with zero attached hydrogens (tertiary/aromatic N) is 3. The zero-order valence-electron chi connectivity index (χ0n) is 19.4. The van der Waals surface area contributed by atoms with Gasteiger partial charge in [-0.2, -0.15) is 0 Å². The van der Waals surface area contributed by atoms with E-state index in [2.05, 4.69) is 33.3 Å². The van der Waals surface area contributed by atoms with Gasteiger partial charge < -0.3 is 29.7 Å². The third-order valence-electron chi connectivity index (χ3n) is 5.73. The summed E-state index contributed by atoms with van der Waals surface area (Å²) in [7, 11) is 3.60. The molecule has 0 amide bonds. The van der Waals surface area contributed by atoms with Crippen LogP contribution in [0.2, 0.25) is 0 Å². The van der Waals surface area contributed by atoms with Crippen LogP contribution in [0.15, 0.2) is 45.7 Å². The summed E-state index contributed by atoms with van der Waals surface area (Å²) in [6.45, 7) is 9.94. The highest BCUT2D eigenvalue weighted by Crippen LogP contribution is 2.31. The maximum absolute atomic E-state index is 6.17. The molecule has 0 radical (unpaired) electrons. The molecule has 2 heterocycles. The van der Waals surface area contributed by atoms with E-state index in [0.717, 1.165) is 55.4 Å². The van der Waals surface area contributed by atoms with Gasteiger partial charge >= 0.3 is 0 Å². The number of methoxy groups -OCH3 is 1. The first-order chi connectivity index (χ1) is 15.8. The van der Waals surface area contributed by atoms with Crippen molar-refractivity contribution in [3.8, 4) is 5.75 Å². The molecule has 8 nitrogen and oxygen atoms in total. The summed E-state index contributed by atoms with van der Waals surface area (Å²) >= 11 is 0. The average molecular weight is 444 g/mol. The fourth-order valence-electron chi connectivity index (χ4n) is 4.00. The van der Waals surface area contributed by atoms with E-state index in [1.165, 1.54) is 12.8 Å². The molecule has 2 aliphatic rings. The number of benzene rings is 1. The lowest BCUT2D eigenvalue weighted by molar-refractivity contribution is 0.144. The van der Waals surface area contributed by atoms with Gasteiger partial charge in [0.2, 0.25) is 5.88 Å². The van der Waals surface area contributed by atoms with E-state index in [1.54, 1.807) is 7.11 Å². The molecule has 8 heteroatoms. The molecule has 176 valence electrons. The highest BCUT2D eigenvalue weighted by Gasteiger charge is 2.29. The number of rotatable bonds is 12. The molecule has 2 aliphatic heterocycles. The topological polar surface area (TPSA) is 79.7 Å². The van der Waals surface area contributed by atoms with Gasteiger partial charge in [-0.05, 0) is 51.7 Å². The number of ether oxygens (including phenoxy) is 3. The molecule has 1 atom stereocenters. The summed E-state index contributed by atoms with van der Waals surface area (Å²) < 4.78 is 17.3. The molecule has 0 saturated carbocycles. The molecule has 0 spiro atoms. The van der Waals surface area contributed by atoms with Crippen molar-refractivity contribution < 1.29 is 14.2 Å². The molecule has 32 heavy (non-hydrogen) atoms. The Morgan fingerprint density at radius 2 is 2.25 bits per heavy atom. The van der Waals surface area contributed by atoms with Gasteiger partial charge in [0, 0.05) is 37.3 Å². The minimum absolute atomic E-state index is 0.498. The van der Waals surface area contributed by atoms with Crippen LogP contribution >= 0.6 is 0 Å². The van der Waals surface area contributed by atoms with E-state index in [1.807, 2.05) is 25.2 Å². The van der Waals surface area contributed by atoms with Gasteiger partial charge in [-0.25, -0.2) is 4.99 Å². The number of amidine groups is 1. The van der Waals surface area contributed by atoms with Gasteiger partial charge in [-0.3, -0.25) is 4.99 Å². The number of hydrogen-bond donors (Lipinski definition) is 2. The van der Waals surface area contributed by atoms with Crippen molar-refractivity contribution in [1.82, 2.24) is 10.6 Å². The summed E-state index contributed by atoms with van der Waals surface area (Å²) in [6, 6.07) is 8.03. The number of aliphatic imine (C=N–C) groups is 2. The third kappa shape index (κ3) is 6.79. The molecular weight excluding hydrogens is 406 g/mol. The molecule has 0 aliphatic carbocycles.